The van der Waals surface area contributed by atoms with Gasteiger partial charge in [-0.3, -0.25) is 0 Å². The fourth-order valence-electron chi connectivity index (χ4n) is 0.982. The van der Waals surface area contributed by atoms with E-state index in [0.29, 0.717) is 13.2 Å². The van der Waals surface area contributed by atoms with E-state index in [1.807, 2.05) is 20.0 Å². The normalized spacial score (nSPS) is 8.79. The van der Waals surface area contributed by atoms with Gasteiger partial charge in [-0.25, -0.2) is 4.68 Å². The molecule has 0 fully saturated rings. The lowest BCUT2D eigenvalue weighted by atomic mass is 10.4. The van der Waals surface area contributed by atoms with Crippen LogP contribution in [0.2, 0.25) is 0 Å². The van der Waals surface area contributed by atoms with Crippen molar-refractivity contribution in [2.75, 3.05) is 13.2 Å². The molecule has 1 rings (SSSR count). The van der Waals surface area contributed by atoms with Crippen LogP contribution in [0, 0.1) is 6.92 Å². The van der Waals surface area contributed by atoms with Crippen molar-refractivity contribution >= 4 is 24.8 Å². The van der Waals surface area contributed by atoms with Gasteiger partial charge in [0.2, 0.25) is 5.88 Å². The molecule has 0 atom stereocenters. The molecule has 0 saturated carbocycles. The maximum Gasteiger partial charge on any atom is 0.211 e. The summed E-state index contributed by atoms with van der Waals surface area (Å²) >= 11 is 0. The highest BCUT2D eigenvalue weighted by molar-refractivity contribution is 5.85. The van der Waals surface area contributed by atoms with Crippen molar-refractivity contribution in [1.82, 2.24) is 9.78 Å². The second-order valence-electron chi connectivity index (χ2n) is 2.74. The van der Waals surface area contributed by atoms with Gasteiger partial charge in [0.05, 0.1) is 12.3 Å². The quantitative estimate of drug-likeness (QED) is 0.809. The summed E-state index contributed by atoms with van der Waals surface area (Å²) in [4.78, 5) is 0. The maximum absolute atomic E-state index is 5.42. The SMILES string of the molecule is Cc1cc(OCCCN)n(C)n1.Cl.Cl. The molecule has 0 saturated heterocycles. The van der Waals surface area contributed by atoms with Crippen LogP contribution in [0.4, 0.5) is 0 Å². The monoisotopic (exact) mass is 241 g/mol. The van der Waals surface area contributed by atoms with E-state index < -0.39 is 0 Å². The number of nitrogens with two attached hydrogens (primary N) is 1. The number of ether oxygens (including phenoxy) is 1. The second kappa shape index (κ2) is 7.91. The van der Waals surface area contributed by atoms with E-state index in [4.69, 9.17) is 10.5 Å². The predicted molar refractivity (Wildman–Crippen MR) is 61.6 cm³/mol. The standard InChI is InChI=1S/C8H15N3O.2ClH/c1-7-6-8(11(2)10-7)12-5-3-4-9;;/h6H,3-5,9H2,1-2H3;2*1H. The summed E-state index contributed by atoms with van der Waals surface area (Å²) in [6.07, 6.45) is 0.879. The molecule has 84 valence electrons. The number of rotatable bonds is 4. The number of halogens is 2. The smallest absolute Gasteiger partial charge is 0.211 e. The van der Waals surface area contributed by atoms with E-state index in [9.17, 15) is 0 Å². The first-order chi connectivity index (χ1) is 5.74. The molecule has 0 amide bonds. The highest BCUT2D eigenvalue weighted by atomic mass is 35.5. The van der Waals surface area contributed by atoms with Crippen molar-refractivity contribution in [1.29, 1.82) is 0 Å². The first-order valence-electron chi connectivity index (χ1n) is 4.07. The highest BCUT2D eigenvalue weighted by Gasteiger charge is 2.00. The van der Waals surface area contributed by atoms with Crippen molar-refractivity contribution in [3.63, 3.8) is 0 Å². The third-order valence-corrected chi connectivity index (χ3v) is 1.56. The molecule has 0 spiro atoms. The zero-order valence-corrected chi connectivity index (χ0v) is 10.0. The Kier molecular flexibility index (Phi) is 9.04. The molecule has 1 aromatic rings. The van der Waals surface area contributed by atoms with Gasteiger partial charge in [0, 0.05) is 13.1 Å². The molecule has 4 nitrogen and oxygen atoms in total. The number of aryl methyl sites for hydroxylation is 2. The largest absolute Gasteiger partial charge is 0.478 e. The molecule has 2 N–H and O–H groups in total. The van der Waals surface area contributed by atoms with Crippen LogP contribution in [0.25, 0.3) is 0 Å². The Labute approximate surface area is 96.6 Å². The van der Waals surface area contributed by atoms with Crippen molar-refractivity contribution < 1.29 is 4.74 Å². The lowest BCUT2D eigenvalue weighted by molar-refractivity contribution is 0.287. The van der Waals surface area contributed by atoms with E-state index >= 15 is 0 Å². The summed E-state index contributed by atoms with van der Waals surface area (Å²) in [6, 6.07) is 1.91. The molecule has 1 aromatic heterocycles. The van der Waals surface area contributed by atoms with Gasteiger partial charge in [0.15, 0.2) is 0 Å². The van der Waals surface area contributed by atoms with Crippen molar-refractivity contribution in [2.24, 2.45) is 12.8 Å². The minimum absolute atomic E-state index is 0. The third-order valence-electron chi connectivity index (χ3n) is 1.56. The number of hydrogen-bond donors (Lipinski definition) is 1. The van der Waals surface area contributed by atoms with E-state index in [2.05, 4.69) is 5.10 Å². The molecular weight excluding hydrogens is 225 g/mol. The second-order valence-corrected chi connectivity index (χ2v) is 2.74. The van der Waals surface area contributed by atoms with Gasteiger partial charge < -0.3 is 10.5 Å². The zero-order valence-electron chi connectivity index (χ0n) is 8.40. The average molecular weight is 242 g/mol. The van der Waals surface area contributed by atoms with Gasteiger partial charge >= 0.3 is 0 Å². The predicted octanol–water partition coefficient (Wildman–Crippen LogP) is 1.30. The summed E-state index contributed by atoms with van der Waals surface area (Å²) in [6.45, 7) is 3.27. The van der Waals surface area contributed by atoms with Crippen LogP contribution in [-0.4, -0.2) is 22.9 Å². The molecule has 1 heterocycles. The first-order valence-corrected chi connectivity index (χ1v) is 4.07. The molecule has 0 aromatic carbocycles. The van der Waals surface area contributed by atoms with Crippen LogP contribution in [0.5, 0.6) is 5.88 Å². The van der Waals surface area contributed by atoms with Crippen molar-refractivity contribution in [3.05, 3.63) is 11.8 Å². The summed E-state index contributed by atoms with van der Waals surface area (Å²) in [5.41, 5.74) is 6.31. The molecule has 0 aliphatic heterocycles. The molecular formula is C8H17Cl2N3O. The summed E-state index contributed by atoms with van der Waals surface area (Å²) < 4.78 is 7.15. The van der Waals surface area contributed by atoms with Gasteiger partial charge in [-0.2, -0.15) is 5.10 Å². The van der Waals surface area contributed by atoms with Gasteiger partial charge in [-0.15, -0.1) is 24.8 Å². The summed E-state index contributed by atoms with van der Waals surface area (Å²) in [7, 11) is 1.87. The Bertz CT molecular complexity index is 253. The highest BCUT2D eigenvalue weighted by Crippen LogP contribution is 2.10. The molecule has 0 aliphatic rings. The summed E-state index contributed by atoms with van der Waals surface area (Å²) in [5, 5.41) is 4.15. The fourth-order valence-corrected chi connectivity index (χ4v) is 0.982. The number of nitrogens with zero attached hydrogens (tertiary/aromatic N) is 2. The van der Waals surface area contributed by atoms with Crippen LogP contribution in [-0.2, 0) is 7.05 Å². The number of hydrogen-bond acceptors (Lipinski definition) is 3. The van der Waals surface area contributed by atoms with E-state index in [0.717, 1.165) is 18.0 Å². The minimum Gasteiger partial charge on any atom is -0.478 e. The Morgan fingerprint density at radius 3 is 2.57 bits per heavy atom. The van der Waals surface area contributed by atoms with Gasteiger partial charge in [-0.1, -0.05) is 0 Å². The van der Waals surface area contributed by atoms with Crippen LogP contribution < -0.4 is 10.5 Å². The molecule has 0 aliphatic carbocycles. The summed E-state index contributed by atoms with van der Waals surface area (Å²) in [5.74, 6) is 0.806. The Morgan fingerprint density at radius 1 is 1.50 bits per heavy atom. The van der Waals surface area contributed by atoms with Crippen molar-refractivity contribution in [3.8, 4) is 5.88 Å². The van der Waals surface area contributed by atoms with Crippen LogP contribution in [0.1, 0.15) is 12.1 Å². The third kappa shape index (κ3) is 4.69. The molecule has 14 heavy (non-hydrogen) atoms. The minimum atomic E-state index is 0. The van der Waals surface area contributed by atoms with Crippen LogP contribution in [0.3, 0.4) is 0 Å². The topological polar surface area (TPSA) is 53.1 Å². The zero-order chi connectivity index (χ0) is 8.97. The first kappa shape index (κ1) is 16.0. The Morgan fingerprint density at radius 2 is 2.14 bits per heavy atom. The van der Waals surface area contributed by atoms with Crippen molar-refractivity contribution in [2.45, 2.75) is 13.3 Å². The average Bonchev–Trinajstić information content (AvgIpc) is 2.31. The Hall–Kier alpha value is -0.450. The van der Waals surface area contributed by atoms with E-state index in [1.165, 1.54) is 0 Å². The van der Waals surface area contributed by atoms with Crippen LogP contribution in [0.15, 0.2) is 6.07 Å². The Balaban J connectivity index is 0. The van der Waals surface area contributed by atoms with Gasteiger partial charge in [-0.05, 0) is 19.9 Å². The van der Waals surface area contributed by atoms with Crippen LogP contribution >= 0.6 is 24.8 Å². The lowest BCUT2D eigenvalue weighted by Gasteiger charge is -2.03. The van der Waals surface area contributed by atoms with E-state index in [-0.39, 0.29) is 24.8 Å². The fraction of sp³-hybridized carbons (Fsp3) is 0.625. The molecule has 0 unspecified atom stereocenters. The molecule has 6 heteroatoms. The molecule has 0 radical (unpaired) electrons. The maximum atomic E-state index is 5.42. The van der Waals surface area contributed by atoms with Gasteiger partial charge in [0.25, 0.3) is 0 Å². The number of aromatic nitrogens is 2. The van der Waals surface area contributed by atoms with E-state index in [1.54, 1.807) is 4.68 Å². The van der Waals surface area contributed by atoms with Gasteiger partial charge in [0.1, 0.15) is 0 Å². The molecule has 0 bridgehead atoms. The lowest BCUT2D eigenvalue weighted by Crippen LogP contribution is -2.07.